The van der Waals surface area contributed by atoms with Crippen LogP contribution in [0.15, 0.2) is 22.7 Å². The number of amides is 1. The third-order valence-corrected chi connectivity index (χ3v) is 4.88. The molecule has 1 aromatic carbocycles. The molecule has 0 radical (unpaired) electrons. The van der Waals surface area contributed by atoms with E-state index >= 15 is 0 Å². The van der Waals surface area contributed by atoms with Gasteiger partial charge in [0, 0.05) is 23.7 Å². The Bertz CT molecular complexity index is 1140. The molecule has 182 valence electrons. The van der Waals surface area contributed by atoms with Crippen LogP contribution in [0.3, 0.4) is 0 Å². The normalized spacial score (nSPS) is 13.1. The van der Waals surface area contributed by atoms with Crippen molar-refractivity contribution in [1.82, 2.24) is 20.1 Å². The van der Waals surface area contributed by atoms with Crippen LogP contribution < -0.4 is 15.8 Å². The Morgan fingerprint density at radius 3 is 2.41 bits per heavy atom. The van der Waals surface area contributed by atoms with Gasteiger partial charge >= 0.3 is 0 Å². The monoisotopic (exact) mass is 470 g/mol. The molecule has 0 aliphatic rings. The van der Waals surface area contributed by atoms with Gasteiger partial charge in [-0.05, 0) is 63.9 Å². The van der Waals surface area contributed by atoms with E-state index in [0.29, 0.717) is 23.2 Å². The number of anilines is 1. The second-order valence-electron chi connectivity index (χ2n) is 8.50. The Morgan fingerprint density at radius 1 is 1.12 bits per heavy atom. The Morgan fingerprint density at radius 2 is 1.79 bits per heavy atom. The van der Waals surface area contributed by atoms with Crippen molar-refractivity contribution in [3.05, 3.63) is 35.0 Å². The lowest BCUT2D eigenvalue weighted by molar-refractivity contribution is -0.127. The van der Waals surface area contributed by atoms with Gasteiger partial charge in [-0.3, -0.25) is 4.79 Å². The fraction of sp³-hybridized carbons (Fsp3) is 0.435. The number of aliphatic hydroxyl groups excluding tert-OH is 2. The number of rotatable bonds is 10. The van der Waals surface area contributed by atoms with Crippen LogP contribution in [-0.4, -0.2) is 61.1 Å². The molecule has 3 rings (SSSR count). The summed E-state index contributed by atoms with van der Waals surface area (Å²) in [5.41, 5.74) is 8.63. The highest BCUT2D eigenvalue weighted by Gasteiger charge is 2.19. The number of nitrogens with one attached hydrogen (secondary N) is 1. The smallest absolute Gasteiger partial charge is 0.277 e. The van der Waals surface area contributed by atoms with Crippen LogP contribution in [0.25, 0.3) is 23.0 Å². The molecule has 34 heavy (non-hydrogen) atoms. The van der Waals surface area contributed by atoms with Gasteiger partial charge in [-0.1, -0.05) is 5.16 Å². The number of hydrogen-bond acceptors (Lipinski definition) is 10. The van der Waals surface area contributed by atoms with Crippen LogP contribution in [-0.2, 0) is 4.79 Å². The Balaban J connectivity index is 1.77. The van der Waals surface area contributed by atoms with E-state index in [1.165, 1.54) is 0 Å². The van der Waals surface area contributed by atoms with E-state index in [0.717, 1.165) is 22.4 Å². The molecule has 0 saturated carbocycles. The predicted molar refractivity (Wildman–Crippen MR) is 125 cm³/mol. The second-order valence-corrected chi connectivity index (χ2v) is 8.50. The third-order valence-electron chi connectivity index (χ3n) is 4.88. The maximum Gasteiger partial charge on any atom is 0.277 e. The molecule has 0 fully saturated rings. The molecule has 0 spiro atoms. The number of nitrogens with zero attached hydrogens (tertiary/aromatic N) is 4. The Labute approximate surface area is 197 Å². The van der Waals surface area contributed by atoms with Crippen molar-refractivity contribution < 1.29 is 24.3 Å². The van der Waals surface area contributed by atoms with Gasteiger partial charge in [-0.25, -0.2) is 9.97 Å². The molecule has 1 unspecified atom stereocenters. The van der Waals surface area contributed by atoms with Crippen molar-refractivity contribution in [3.8, 4) is 28.7 Å². The van der Waals surface area contributed by atoms with Gasteiger partial charge in [-0.15, -0.1) is 0 Å². The van der Waals surface area contributed by atoms with Crippen molar-refractivity contribution >= 4 is 11.9 Å². The first-order chi connectivity index (χ1) is 16.0. The number of hydrogen-bond donors (Lipinski definition) is 4. The fourth-order valence-corrected chi connectivity index (χ4v) is 3.37. The Kier molecular flexibility index (Phi) is 7.79. The van der Waals surface area contributed by atoms with Gasteiger partial charge in [0.1, 0.15) is 24.2 Å². The van der Waals surface area contributed by atoms with Gasteiger partial charge in [0.25, 0.3) is 5.89 Å². The molecule has 2 heterocycles. The topological polar surface area (TPSA) is 170 Å². The number of aliphatic hydroxyl groups is 2. The molecule has 5 N–H and O–H groups in total. The van der Waals surface area contributed by atoms with Crippen molar-refractivity contribution in [1.29, 1.82) is 0 Å². The van der Waals surface area contributed by atoms with E-state index < -0.39 is 18.1 Å². The molecule has 3 aromatic rings. The fourth-order valence-electron chi connectivity index (χ4n) is 3.37. The molecule has 11 nitrogen and oxygen atoms in total. The molecule has 2 atom stereocenters. The summed E-state index contributed by atoms with van der Waals surface area (Å²) in [6.07, 6.45) is -2.67. The SMILES string of the molecule is Cc1cc(-c2nc(-c3cc(C)c(OC[C@H](O)CC(O)C(N)=O)c(C)c3)no2)nc(NC(C)C)n1. The first kappa shape index (κ1) is 25.1. The molecular formula is C23H30N6O5. The number of aryl methyl sites for hydroxylation is 3. The largest absolute Gasteiger partial charge is 0.490 e. The van der Waals surface area contributed by atoms with Gasteiger partial charge in [0.05, 0.1) is 6.10 Å². The van der Waals surface area contributed by atoms with E-state index in [1.807, 2.05) is 46.8 Å². The Hall–Kier alpha value is -3.57. The highest BCUT2D eigenvalue weighted by Crippen LogP contribution is 2.30. The summed E-state index contributed by atoms with van der Waals surface area (Å²) < 4.78 is 11.2. The van der Waals surface area contributed by atoms with Gasteiger partial charge in [0.15, 0.2) is 0 Å². The summed E-state index contributed by atoms with van der Waals surface area (Å²) in [4.78, 5) is 24.3. The zero-order valence-electron chi connectivity index (χ0n) is 19.9. The van der Waals surface area contributed by atoms with Crippen LogP contribution in [0.2, 0.25) is 0 Å². The number of primary amides is 1. The maximum atomic E-state index is 10.9. The minimum Gasteiger partial charge on any atom is -0.490 e. The molecule has 0 aliphatic carbocycles. The second kappa shape index (κ2) is 10.6. The van der Waals surface area contributed by atoms with Crippen molar-refractivity contribution in [2.45, 2.75) is 59.3 Å². The van der Waals surface area contributed by atoms with E-state index in [1.54, 1.807) is 6.07 Å². The standard InChI is InChI=1S/C23H30N6O5/c1-11(2)25-23-26-14(5)8-17(27-23)22-28-21(29-34-22)15-6-12(3)19(13(4)7-15)33-10-16(30)9-18(31)20(24)32/h6-8,11,16,18,30-31H,9-10H2,1-5H3,(H2,24,32)(H,25,26,27)/t16-,18?/m1/s1. The van der Waals surface area contributed by atoms with Crippen LogP contribution in [0.4, 0.5) is 5.95 Å². The van der Waals surface area contributed by atoms with Gasteiger partial charge in [-0.2, -0.15) is 4.98 Å². The van der Waals surface area contributed by atoms with Crippen molar-refractivity contribution in [2.24, 2.45) is 5.73 Å². The van der Waals surface area contributed by atoms with E-state index in [9.17, 15) is 15.0 Å². The first-order valence-electron chi connectivity index (χ1n) is 10.9. The number of ether oxygens (including phenoxy) is 1. The molecule has 2 aromatic heterocycles. The quantitative estimate of drug-likeness (QED) is 0.343. The van der Waals surface area contributed by atoms with Gasteiger partial charge in [0.2, 0.25) is 17.7 Å². The summed E-state index contributed by atoms with van der Waals surface area (Å²) in [5.74, 6) is 0.852. The molecular weight excluding hydrogens is 440 g/mol. The number of carbonyl (C=O) groups excluding carboxylic acids is 1. The molecule has 0 aliphatic heterocycles. The summed E-state index contributed by atoms with van der Waals surface area (Å²) in [6, 6.07) is 5.64. The minimum absolute atomic E-state index is 0.0997. The highest BCUT2D eigenvalue weighted by molar-refractivity contribution is 5.78. The highest BCUT2D eigenvalue weighted by atomic mass is 16.5. The van der Waals surface area contributed by atoms with Crippen LogP contribution in [0.5, 0.6) is 5.75 Å². The lowest BCUT2D eigenvalue weighted by atomic mass is 10.1. The summed E-state index contributed by atoms with van der Waals surface area (Å²) >= 11 is 0. The van der Waals surface area contributed by atoms with E-state index in [4.69, 9.17) is 15.0 Å². The molecule has 1 amide bonds. The lowest BCUT2D eigenvalue weighted by Gasteiger charge is -2.17. The zero-order chi connectivity index (χ0) is 25.0. The number of carbonyl (C=O) groups is 1. The minimum atomic E-state index is -1.42. The average Bonchev–Trinajstić information content (AvgIpc) is 3.22. The van der Waals surface area contributed by atoms with Crippen LogP contribution in [0.1, 0.15) is 37.1 Å². The van der Waals surface area contributed by atoms with Crippen molar-refractivity contribution in [3.63, 3.8) is 0 Å². The molecule has 0 saturated heterocycles. The summed E-state index contributed by atoms with van der Waals surface area (Å²) in [6.45, 7) is 9.48. The molecule has 0 bridgehead atoms. The van der Waals surface area contributed by atoms with Crippen LogP contribution >= 0.6 is 0 Å². The number of aromatic nitrogens is 4. The third kappa shape index (κ3) is 6.27. The maximum absolute atomic E-state index is 10.9. The lowest BCUT2D eigenvalue weighted by Crippen LogP contribution is -2.33. The van der Waals surface area contributed by atoms with E-state index in [2.05, 4.69) is 25.4 Å². The summed E-state index contributed by atoms with van der Waals surface area (Å²) in [7, 11) is 0. The molecule has 11 heteroatoms. The van der Waals surface area contributed by atoms with Gasteiger partial charge < -0.3 is 30.5 Å². The average molecular weight is 471 g/mol. The summed E-state index contributed by atoms with van der Waals surface area (Å²) in [5, 5.41) is 26.8. The number of benzene rings is 1. The zero-order valence-corrected chi connectivity index (χ0v) is 19.9. The first-order valence-corrected chi connectivity index (χ1v) is 10.9. The van der Waals surface area contributed by atoms with Crippen molar-refractivity contribution in [2.75, 3.05) is 11.9 Å². The predicted octanol–water partition coefficient (Wildman–Crippen LogP) is 1.92. The van der Waals surface area contributed by atoms with E-state index in [-0.39, 0.29) is 25.0 Å². The number of nitrogens with two attached hydrogens (primary N) is 1. The van der Waals surface area contributed by atoms with Crippen LogP contribution in [0, 0.1) is 20.8 Å².